The van der Waals surface area contributed by atoms with Gasteiger partial charge in [0.15, 0.2) is 0 Å². The van der Waals surface area contributed by atoms with Crippen molar-refractivity contribution in [3.8, 4) is 0 Å². The summed E-state index contributed by atoms with van der Waals surface area (Å²) in [7, 11) is 0. The zero-order valence-corrected chi connectivity index (χ0v) is 6.96. The maximum atomic E-state index is 12.7. The lowest BCUT2D eigenvalue weighted by Crippen LogP contribution is -2.55. The lowest BCUT2D eigenvalue weighted by atomic mass is 10.0. The number of rotatable bonds is 1. The molecule has 0 aromatic carbocycles. The van der Waals surface area contributed by atoms with Crippen molar-refractivity contribution in [1.82, 2.24) is 0 Å². The molecule has 14 heavy (non-hydrogen) atoms. The van der Waals surface area contributed by atoms with Gasteiger partial charge in [-0.05, 0) is 11.8 Å². The van der Waals surface area contributed by atoms with Crippen molar-refractivity contribution in [2.24, 2.45) is 0 Å². The van der Waals surface area contributed by atoms with Crippen LogP contribution in [0.1, 0.15) is 0 Å². The van der Waals surface area contributed by atoms with Crippen LogP contribution in [0.25, 0.3) is 0 Å². The highest BCUT2D eigenvalue weighted by Gasteiger charge is 2.88. The van der Waals surface area contributed by atoms with E-state index in [4.69, 9.17) is 0 Å². The van der Waals surface area contributed by atoms with Gasteiger partial charge in [-0.15, -0.1) is 0 Å². The molecule has 1 atom stereocenters. The van der Waals surface area contributed by atoms with Crippen LogP contribution >= 0.6 is 11.8 Å². The standard InChI is InChI=1S/C5H2F8S/c6-1-2(7)3(8,9)5(12,13)14-4(2,10)11/h1H2. The zero-order valence-electron chi connectivity index (χ0n) is 6.14. The fourth-order valence-corrected chi connectivity index (χ4v) is 1.84. The molecule has 1 rings (SSSR count). The lowest BCUT2D eigenvalue weighted by molar-refractivity contribution is -0.255. The van der Waals surface area contributed by atoms with Gasteiger partial charge in [-0.1, -0.05) is 0 Å². The minimum absolute atomic E-state index is 1.87. The minimum atomic E-state index is -5.73. The molecule has 1 saturated heterocycles. The van der Waals surface area contributed by atoms with E-state index >= 15 is 0 Å². The van der Waals surface area contributed by atoms with Crippen LogP contribution in [-0.4, -0.2) is 28.8 Å². The molecule has 9 heteroatoms. The van der Waals surface area contributed by atoms with E-state index < -0.39 is 40.5 Å². The predicted octanol–water partition coefficient (Wildman–Crippen LogP) is 3.23. The van der Waals surface area contributed by atoms with Crippen LogP contribution in [0, 0.1) is 0 Å². The number of hydrogen-bond acceptors (Lipinski definition) is 1. The van der Waals surface area contributed by atoms with Gasteiger partial charge in [0.25, 0.3) is 5.67 Å². The molecule has 1 unspecified atom stereocenters. The Morgan fingerprint density at radius 2 is 1.21 bits per heavy atom. The lowest BCUT2D eigenvalue weighted by Gasteiger charge is -2.27. The molecule has 0 spiro atoms. The molecule has 1 aliphatic rings. The summed E-state index contributed by atoms with van der Waals surface area (Å²) in [6, 6.07) is 0. The summed E-state index contributed by atoms with van der Waals surface area (Å²) >= 11 is -1.87. The fourth-order valence-electron chi connectivity index (χ4n) is 0.881. The smallest absolute Gasteiger partial charge is 0.247 e. The Morgan fingerprint density at radius 1 is 0.786 bits per heavy atom. The first kappa shape index (κ1) is 11.9. The highest BCUT2D eigenvalue weighted by Crippen LogP contribution is 2.68. The average Bonchev–Trinajstić information content (AvgIpc) is 2.07. The molecule has 0 N–H and O–H groups in total. The summed E-state index contributed by atoms with van der Waals surface area (Å²) < 4.78 is 98.5. The molecule has 0 saturated carbocycles. The van der Waals surface area contributed by atoms with Crippen molar-refractivity contribution in [2.75, 3.05) is 6.67 Å². The van der Waals surface area contributed by atoms with Gasteiger partial charge < -0.3 is 0 Å². The van der Waals surface area contributed by atoms with Gasteiger partial charge in [-0.3, -0.25) is 0 Å². The molecule has 0 radical (unpaired) electrons. The van der Waals surface area contributed by atoms with E-state index in [2.05, 4.69) is 0 Å². The Kier molecular flexibility index (Phi) is 2.26. The third kappa shape index (κ3) is 1.07. The van der Waals surface area contributed by atoms with Crippen molar-refractivity contribution in [2.45, 2.75) is 22.1 Å². The molecule has 1 heterocycles. The van der Waals surface area contributed by atoms with E-state index in [9.17, 15) is 35.1 Å². The fraction of sp³-hybridized carbons (Fsp3) is 1.00. The number of hydrogen-bond donors (Lipinski definition) is 0. The molecule has 0 amide bonds. The van der Waals surface area contributed by atoms with E-state index in [1.807, 2.05) is 0 Å². The molecule has 84 valence electrons. The monoisotopic (exact) mass is 246 g/mol. The van der Waals surface area contributed by atoms with Crippen LogP contribution in [0.5, 0.6) is 0 Å². The van der Waals surface area contributed by atoms with Crippen LogP contribution < -0.4 is 0 Å². The van der Waals surface area contributed by atoms with Crippen molar-refractivity contribution >= 4 is 11.8 Å². The molecule has 0 aromatic heterocycles. The molecular formula is C5H2F8S. The normalized spacial score (nSPS) is 38.6. The Labute approximate surface area is 76.6 Å². The molecule has 1 fully saturated rings. The second-order valence-electron chi connectivity index (χ2n) is 2.64. The SMILES string of the molecule is FCC1(F)C(F)(F)SC(F)(F)C1(F)F. The number of halogens is 8. The molecule has 0 bridgehead atoms. The Bertz CT molecular complexity index is 250. The van der Waals surface area contributed by atoms with Crippen LogP contribution in [0.2, 0.25) is 0 Å². The first-order valence-electron chi connectivity index (χ1n) is 3.10. The van der Waals surface area contributed by atoms with Gasteiger partial charge in [0, 0.05) is 0 Å². The average molecular weight is 246 g/mol. The van der Waals surface area contributed by atoms with Gasteiger partial charge in [-0.2, -0.15) is 26.3 Å². The molecule has 0 aromatic rings. The summed E-state index contributed by atoms with van der Waals surface area (Å²) in [6.45, 7) is -2.88. The van der Waals surface area contributed by atoms with E-state index in [1.54, 1.807) is 0 Å². The van der Waals surface area contributed by atoms with Crippen LogP contribution in [0.3, 0.4) is 0 Å². The second-order valence-corrected chi connectivity index (χ2v) is 3.87. The van der Waals surface area contributed by atoms with Gasteiger partial charge in [-0.25, -0.2) is 8.78 Å². The van der Waals surface area contributed by atoms with E-state index in [1.165, 1.54) is 0 Å². The van der Waals surface area contributed by atoms with Crippen LogP contribution in [0.4, 0.5) is 35.1 Å². The third-order valence-electron chi connectivity index (χ3n) is 1.77. The summed E-state index contributed by atoms with van der Waals surface area (Å²) in [6.07, 6.45) is 0. The maximum absolute atomic E-state index is 12.7. The van der Waals surface area contributed by atoms with Crippen LogP contribution in [-0.2, 0) is 0 Å². The number of alkyl halides is 8. The van der Waals surface area contributed by atoms with Crippen molar-refractivity contribution in [3.05, 3.63) is 0 Å². The van der Waals surface area contributed by atoms with Crippen molar-refractivity contribution in [3.63, 3.8) is 0 Å². The predicted molar refractivity (Wildman–Crippen MR) is 32.2 cm³/mol. The van der Waals surface area contributed by atoms with Crippen molar-refractivity contribution in [1.29, 1.82) is 0 Å². The highest BCUT2D eigenvalue weighted by atomic mass is 32.2. The quantitative estimate of drug-likeness (QED) is 0.640. The van der Waals surface area contributed by atoms with Gasteiger partial charge >= 0.3 is 16.4 Å². The Morgan fingerprint density at radius 3 is 1.36 bits per heavy atom. The van der Waals surface area contributed by atoms with Crippen molar-refractivity contribution < 1.29 is 35.1 Å². The van der Waals surface area contributed by atoms with Crippen LogP contribution in [0.15, 0.2) is 0 Å². The molecule has 1 aliphatic heterocycles. The first-order chi connectivity index (χ1) is 6.02. The topological polar surface area (TPSA) is 0 Å². The highest BCUT2D eigenvalue weighted by molar-refractivity contribution is 8.01. The van der Waals surface area contributed by atoms with E-state index in [0.29, 0.717) is 0 Å². The first-order valence-corrected chi connectivity index (χ1v) is 3.92. The van der Waals surface area contributed by atoms with E-state index in [0.717, 1.165) is 0 Å². The van der Waals surface area contributed by atoms with Gasteiger partial charge in [0.1, 0.15) is 6.67 Å². The maximum Gasteiger partial charge on any atom is 0.365 e. The summed E-state index contributed by atoms with van der Waals surface area (Å²) in [5.74, 6) is -5.73. The molecular weight excluding hydrogens is 244 g/mol. The van der Waals surface area contributed by atoms with Gasteiger partial charge in [0.05, 0.1) is 0 Å². The van der Waals surface area contributed by atoms with Gasteiger partial charge in [0.2, 0.25) is 0 Å². The Balaban J connectivity index is 3.28. The summed E-state index contributed by atoms with van der Waals surface area (Å²) in [4.78, 5) is 0. The third-order valence-corrected chi connectivity index (χ3v) is 2.86. The zero-order chi connectivity index (χ0) is 11.4. The number of thioether (sulfide) groups is 1. The Hall–Kier alpha value is -0.210. The summed E-state index contributed by atoms with van der Waals surface area (Å²) in [5.41, 5.74) is -5.16. The molecule has 0 aliphatic carbocycles. The summed E-state index contributed by atoms with van der Waals surface area (Å²) in [5, 5.41) is -10.5. The van der Waals surface area contributed by atoms with E-state index in [-0.39, 0.29) is 0 Å². The molecule has 0 nitrogen and oxygen atoms in total. The second kappa shape index (κ2) is 2.67. The largest absolute Gasteiger partial charge is 0.365 e. The minimum Gasteiger partial charge on any atom is -0.247 e.